The second kappa shape index (κ2) is 28.2. The Morgan fingerprint density at radius 3 is 0.823 bits per heavy atom. The number of benzene rings is 2. The number of carbonyl (C=O) groups is 6. The summed E-state index contributed by atoms with van der Waals surface area (Å²) in [5.41, 5.74) is -6.53. The molecule has 0 bridgehead atoms. The molecule has 2 aromatic carbocycles. The summed E-state index contributed by atoms with van der Waals surface area (Å²) in [7, 11) is 0. The van der Waals surface area contributed by atoms with Gasteiger partial charge in [0.1, 0.15) is 19.6 Å². The minimum absolute atomic E-state index is 0. The average Bonchev–Trinajstić information content (AvgIpc) is 3.08. The summed E-state index contributed by atoms with van der Waals surface area (Å²) < 4.78 is 8.79. The molecule has 0 aliphatic heterocycles. The van der Waals surface area contributed by atoms with Crippen LogP contribution < -0.4 is 15.6 Å². The number of hydrogen-bond acceptors (Lipinski definition) is 22. The van der Waals surface area contributed by atoms with Gasteiger partial charge in [-0.05, 0) is 0 Å². The Kier molecular flexibility index (Phi) is 27.4. The molecule has 35 nitrogen and oxygen atoms in total. The van der Waals surface area contributed by atoms with Crippen LogP contribution in [0.4, 0.5) is 34.1 Å². The zero-order valence-corrected chi connectivity index (χ0v) is 29.9. The molecule has 0 spiro atoms. The Labute approximate surface area is 361 Å². The van der Waals surface area contributed by atoms with Crippen molar-refractivity contribution in [3.63, 3.8) is 0 Å². The summed E-state index contributed by atoms with van der Waals surface area (Å²) in [4.78, 5) is 121. The topological polar surface area (TPSA) is 560 Å². The van der Waals surface area contributed by atoms with E-state index < -0.39 is 161 Å². The summed E-state index contributed by atoms with van der Waals surface area (Å²) in [6.45, 7) is -0.416. The van der Waals surface area contributed by atoms with Crippen molar-refractivity contribution in [1.29, 1.82) is 5.26 Å². The van der Waals surface area contributed by atoms with E-state index in [1.165, 1.54) is 0 Å². The molecule has 334 valence electrons. The van der Waals surface area contributed by atoms with Gasteiger partial charge in [0.25, 0.3) is 22.9 Å². The van der Waals surface area contributed by atoms with E-state index in [0.29, 0.717) is 24.3 Å². The van der Waals surface area contributed by atoms with Crippen LogP contribution in [-0.2, 0) is 28.8 Å². The number of nitro benzene ring substituents is 6. The number of quaternary nitrogens is 1. The van der Waals surface area contributed by atoms with Crippen molar-refractivity contribution in [1.82, 2.24) is 6.15 Å². The van der Waals surface area contributed by atoms with Crippen molar-refractivity contribution in [3.05, 3.63) is 91.5 Å². The van der Waals surface area contributed by atoms with Crippen LogP contribution in [0.2, 0.25) is 0 Å². The molecule has 2 rings (SSSR count). The summed E-state index contributed by atoms with van der Waals surface area (Å²) >= 11 is 0. The molecule has 0 saturated carbocycles. The standard InChI is InChI=1S/C14H8N6O14.C8H11NO8.C3H4O4.CN.H3N.Na.H/c21-15(22)7-3-9(17(25)26)13(10(4-7)18(27)28)33-1-2-34-14-11(19(29)30)5-8(16(23)24)6-12(14)20(31)32;10-5(11)1-9(2-6(12)13,3-7(14)15)4-8(16)17;4-2(5)1-3(6)7;1-2;;;/h3-6H,1-2H2;1-4H2,(H3-,10,11,12,13,14,15,16,17);1H2,(H,4,5)(H,6,7);;1H3;;/q;;;-1;;;/p+1. The van der Waals surface area contributed by atoms with Crippen LogP contribution in [0.1, 0.15) is 6.42 Å². The van der Waals surface area contributed by atoms with E-state index in [9.17, 15) is 89.5 Å². The molecule has 36 heteroatoms. The summed E-state index contributed by atoms with van der Waals surface area (Å²) in [5.74, 6) is -10.5. The molecular weight excluding hydrogens is 877 g/mol. The van der Waals surface area contributed by atoms with Gasteiger partial charge in [0.05, 0.1) is 53.8 Å². The van der Waals surface area contributed by atoms with E-state index in [1.54, 1.807) is 0 Å². The van der Waals surface area contributed by atoms with Crippen LogP contribution in [0.3, 0.4) is 0 Å². The molecule has 0 aliphatic carbocycles. The number of aliphatic carboxylic acids is 6. The first-order valence-electron chi connectivity index (χ1n) is 14.5. The predicted octanol–water partition coefficient (Wildman–Crippen LogP) is -0.109. The Balaban J connectivity index is -0.000000502. The molecule has 62 heavy (non-hydrogen) atoms. The van der Waals surface area contributed by atoms with E-state index >= 15 is 0 Å². The fraction of sp³-hybridized carbons (Fsp3) is 0.269. The number of carboxylic acids is 6. The van der Waals surface area contributed by atoms with Crippen molar-refractivity contribution in [2.75, 3.05) is 39.4 Å². The third kappa shape index (κ3) is 21.4. The number of rotatable bonds is 21. The number of nitro groups is 6. The molecule has 2 aromatic rings. The fourth-order valence-corrected chi connectivity index (χ4v) is 4.12. The van der Waals surface area contributed by atoms with Gasteiger partial charge in [-0.1, -0.05) is 0 Å². The normalized spacial score (nSPS) is 9.52. The zero-order chi connectivity index (χ0) is 47.2. The molecular formula is C26H28N9NaO26. The first-order valence-corrected chi connectivity index (χ1v) is 14.5. The van der Waals surface area contributed by atoms with Crippen LogP contribution in [-0.4, -0.2) is 169 Å². The molecule has 0 aliphatic rings. The van der Waals surface area contributed by atoms with Gasteiger partial charge in [0.15, 0.2) is 26.2 Å². The fourth-order valence-electron chi connectivity index (χ4n) is 4.12. The molecule has 9 N–H and O–H groups in total. The van der Waals surface area contributed by atoms with E-state index in [-0.39, 0.29) is 35.7 Å². The van der Waals surface area contributed by atoms with Crippen molar-refractivity contribution >= 4 is 99.5 Å². The van der Waals surface area contributed by atoms with Gasteiger partial charge >= 0.3 is 88.1 Å². The van der Waals surface area contributed by atoms with Gasteiger partial charge < -0.3 is 58.1 Å². The predicted molar refractivity (Wildman–Crippen MR) is 191 cm³/mol. The van der Waals surface area contributed by atoms with Gasteiger partial charge in [-0.15, -0.1) is 0 Å². The molecule has 0 fully saturated rings. The second-order valence-corrected chi connectivity index (χ2v) is 10.4. The van der Waals surface area contributed by atoms with Crippen LogP contribution in [0, 0.1) is 72.5 Å². The van der Waals surface area contributed by atoms with Crippen molar-refractivity contribution in [2.24, 2.45) is 0 Å². The Morgan fingerprint density at radius 1 is 0.484 bits per heavy atom. The third-order valence-corrected chi connectivity index (χ3v) is 6.04. The van der Waals surface area contributed by atoms with Crippen molar-refractivity contribution in [2.45, 2.75) is 6.42 Å². The number of carboxylic acid groups (broad SMARTS) is 6. The second-order valence-electron chi connectivity index (χ2n) is 10.4. The van der Waals surface area contributed by atoms with Crippen molar-refractivity contribution in [3.8, 4) is 11.5 Å². The molecule has 0 saturated heterocycles. The van der Waals surface area contributed by atoms with Gasteiger partial charge in [0, 0.05) is 0 Å². The van der Waals surface area contributed by atoms with Gasteiger partial charge in [-0.25, -0.2) is 19.2 Å². The maximum absolute atomic E-state index is 11.2. The molecule has 0 amide bonds. The van der Waals surface area contributed by atoms with Crippen LogP contribution in [0.25, 0.3) is 0 Å². The Morgan fingerprint density at radius 2 is 0.694 bits per heavy atom. The first-order chi connectivity index (χ1) is 27.6. The van der Waals surface area contributed by atoms with Gasteiger partial charge in [-0.2, -0.15) is 0 Å². The van der Waals surface area contributed by atoms with Crippen molar-refractivity contribution < 1.29 is 103 Å². The zero-order valence-electron chi connectivity index (χ0n) is 29.9. The van der Waals surface area contributed by atoms with Gasteiger partial charge in [0.2, 0.25) is 0 Å². The number of hydrogen-bond donors (Lipinski definition) is 7. The molecule has 0 radical (unpaired) electrons. The quantitative estimate of drug-likeness (QED) is 0.0163. The number of ether oxygens (including phenoxy) is 2. The molecule has 0 unspecified atom stereocenters. The average molecular weight is 906 g/mol. The van der Waals surface area contributed by atoms with Crippen LogP contribution >= 0.6 is 0 Å². The maximum atomic E-state index is 11.2. The molecule has 0 heterocycles. The van der Waals surface area contributed by atoms with Gasteiger partial charge in [-0.3, -0.25) is 74.8 Å². The monoisotopic (exact) mass is 905 g/mol. The molecule has 0 aromatic heterocycles. The SMILES string of the molecule is N.O=C(O)CC(=O)O.O=C(O)C[N+](CC(=O)O)(CC(=O)O)CC(=O)O.O=[N+]([O-])c1cc([N+](=O)[O-])c(OCCOc2c([N+](=O)[O-])cc([N+](=O)[O-])cc2[N+](=O)[O-])c([N+](=O)[O-])c1.[C-]#N.[NaH]. The van der Waals surface area contributed by atoms with E-state index in [0.717, 1.165) is 0 Å². The minimum atomic E-state index is -1.46. The van der Waals surface area contributed by atoms with E-state index in [1.807, 2.05) is 0 Å². The number of nitrogens with zero attached hydrogens (tertiary/aromatic N) is 8. The summed E-state index contributed by atoms with van der Waals surface area (Å²) in [5, 5.41) is 123. The third-order valence-electron chi connectivity index (χ3n) is 6.04. The summed E-state index contributed by atoms with van der Waals surface area (Å²) in [6, 6.07) is 1.59. The Hall–Kier alpha value is -8.33. The first kappa shape index (κ1) is 60.3. The number of non-ortho nitro benzene ring substituents is 2. The van der Waals surface area contributed by atoms with E-state index in [2.05, 4.69) is 0 Å². The van der Waals surface area contributed by atoms with Crippen LogP contribution in [0.5, 0.6) is 11.5 Å². The van der Waals surface area contributed by atoms with E-state index in [4.69, 9.17) is 51.9 Å². The Bertz CT molecular complexity index is 1850. The van der Waals surface area contributed by atoms with Crippen LogP contribution in [0.15, 0.2) is 24.3 Å². The summed E-state index contributed by atoms with van der Waals surface area (Å²) in [6.07, 6.45) is -0.806. The molecule has 0 atom stereocenters.